The first-order chi connectivity index (χ1) is 7.17. The molecule has 0 bridgehead atoms. The average molecular weight is 209 g/mol. The molecule has 1 rings (SSSR count). The standard InChI is InChI=1S/C13H23NO/c1-5-6-10(2)7-13(14-4)12-8-11(3)15-9-12/h8-10,13-14H,5-7H2,1-4H3. The molecule has 2 unspecified atom stereocenters. The molecule has 0 saturated heterocycles. The number of hydrogen-bond donors (Lipinski definition) is 1. The molecule has 1 aromatic heterocycles. The van der Waals surface area contributed by atoms with Crippen molar-refractivity contribution in [2.45, 2.75) is 46.1 Å². The van der Waals surface area contributed by atoms with Gasteiger partial charge in [0.05, 0.1) is 6.26 Å². The van der Waals surface area contributed by atoms with Crippen molar-refractivity contribution in [3.05, 3.63) is 23.7 Å². The fourth-order valence-corrected chi connectivity index (χ4v) is 2.08. The van der Waals surface area contributed by atoms with Crippen LogP contribution in [0.4, 0.5) is 0 Å². The van der Waals surface area contributed by atoms with Gasteiger partial charge in [0.2, 0.25) is 0 Å². The summed E-state index contributed by atoms with van der Waals surface area (Å²) in [5.41, 5.74) is 1.28. The fourth-order valence-electron chi connectivity index (χ4n) is 2.08. The normalized spacial score (nSPS) is 15.2. The van der Waals surface area contributed by atoms with Crippen molar-refractivity contribution in [1.29, 1.82) is 0 Å². The molecule has 1 N–H and O–H groups in total. The van der Waals surface area contributed by atoms with Crippen LogP contribution in [0.3, 0.4) is 0 Å². The zero-order valence-corrected chi connectivity index (χ0v) is 10.3. The van der Waals surface area contributed by atoms with Gasteiger partial charge in [-0.15, -0.1) is 0 Å². The Morgan fingerprint density at radius 1 is 1.47 bits per heavy atom. The summed E-state index contributed by atoms with van der Waals surface area (Å²) in [5, 5.41) is 3.36. The smallest absolute Gasteiger partial charge is 0.101 e. The lowest BCUT2D eigenvalue weighted by molar-refractivity contribution is 0.404. The molecular weight excluding hydrogens is 186 g/mol. The van der Waals surface area contributed by atoms with Crippen molar-refractivity contribution < 1.29 is 4.42 Å². The molecule has 0 aliphatic heterocycles. The van der Waals surface area contributed by atoms with Crippen LogP contribution in [0, 0.1) is 12.8 Å². The molecule has 15 heavy (non-hydrogen) atoms. The van der Waals surface area contributed by atoms with Crippen LogP contribution in [-0.4, -0.2) is 7.05 Å². The van der Waals surface area contributed by atoms with E-state index in [4.69, 9.17) is 4.42 Å². The van der Waals surface area contributed by atoms with Crippen LogP contribution < -0.4 is 5.32 Å². The third-order valence-corrected chi connectivity index (χ3v) is 2.92. The molecule has 0 amide bonds. The third-order valence-electron chi connectivity index (χ3n) is 2.92. The Bertz CT molecular complexity index is 280. The lowest BCUT2D eigenvalue weighted by Crippen LogP contribution is -2.18. The fraction of sp³-hybridized carbons (Fsp3) is 0.692. The van der Waals surface area contributed by atoms with Crippen LogP contribution in [0.1, 0.15) is 50.5 Å². The van der Waals surface area contributed by atoms with Gasteiger partial charge in [0.25, 0.3) is 0 Å². The van der Waals surface area contributed by atoms with E-state index in [2.05, 4.69) is 25.2 Å². The van der Waals surface area contributed by atoms with Crippen molar-refractivity contribution in [3.63, 3.8) is 0 Å². The van der Waals surface area contributed by atoms with Gasteiger partial charge in [-0.1, -0.05) is 26.7 Å². The second kappa shape index (κ2) is 5.96. The number of rotatable bonds is 6. The van der Waals surface area contributed by atoms with Crippen molar-refractivity contribution in [1.82, 2.24) is 5.32 Å². The molecule has 0 fully saturated rings. The van der Waals surface area contributed by atoms with E-state index in [9.17, 15) is 0 Å². The van der Waals surface area contributed by atoms with Crippen LogP contribution >= 0.6 is 0 Å². The largest absolute Gasteiger partial charge is 0.469 e. The maximum atomic E-state index is 5.35. The van der Waals surface area contributed by atoms with Crippen molar-refractivity contribution in [2.75, 3.05) is 7.05 Å². The highest BCUT2D eigenvalue weighted by Gasteiger charge is 2.14. The van der Waals surface area contributed by atoms with Gasteiger partial charge in [0, 0.05) is 11.6 Å². The van der Waals surface area contributed by atoms with E-state index in [-0.39, 0.29) is 0 Å². The van der Waals surface area contributed by atoms with Gasteiger partial charge in [-0.3, -0.25) is 0 Å². The summed E-state index contributed by atoms with van der Waals surface area (Å²) in [6, 6.07) is 2.56. The minimum absolute atomic E-state index is 0.434. The van der Waals surface area contributed by atoms with Crippen LogP contribution in [0.15, 0.2) is 16.7 Å². The maximum Gasteiger partial charge on any atom is 0.101 e. The molecule has 0 radical (unpaired) electrons. The highest BCUT2D eigenvalue weighted by atomic mass is 16.3. The van der Waals surface area contributed by atoms with E-state index < -0.39 is 0 Å². The van der Waals surface area contributed by atoms with Crippen LogP contribution in [0.25, 0.3) is 0 Å². The van der Waals surface area contributed by atoms with E-state index in [0.29, 0.717) is 6.04 Å². The Labute approximate surface area is 93.1 Å². The van der Waals surface area contributed by atoms with Gasteiger partial charge in [0.15, 0.2) is 0 Å². The Hall–Kier alpha value is -0.760. The van der Waals surface area contributed by atoms with Gasteiger partial charge in [0.1, 0.15) is 5.76 Å². The summed E-state index contributed by atoms with van der Waals surface area (Å²) >= 11 is 0. The monoisotopic (exact) mass is 209 g/mol. The predicted molar refractivity (Wildman–Crippen MR) is 63.9 cm³/mol. The van der Waals surface area contributed by atoms with E-state index in [1.807, 2.05) is 20.2 Å². The van der Waals surface area contributed by atoms with Gasteiger partial charge in [-0.25, -0.2) is 0 Å². The summed E-state index contributed by atoms with van der Waals surface area (Å²) in [5.74, 6) is 1.76. The van der Waals surface area contributed by atoms with Gasteiger partial charge >= 0.3 is 0 Å². The molecule has 2 heteroatoms. The summed E-state index contributed by atoms with van der Waals surface area (Å²) in [7, 11) is 2.02. The quantitative estimate of drug-likeness (QED) is 0.773. The molecule has 0 aliphatic carbocycles. The second-order valence-corrected chi connectivity index (χ2v) is 4.46. The van der Waals surface area contributed by atoms with Gasteiger partial charge in [-0.05, 0) is 32.4 Å². The molecule has 0 saturated carbocycles. The number of hydrogen-bond acceptors (Lipinski definition) is 2. The van der Waals surface area contributed by atoms with Crippen molar-refractivity contribution in [3.8, 4) is 0 Å². The van der Waals surface area contributed by atoms with E-state index in [0.717, 1.165) is 11.7 Å². The lowest BCUT2D eigenvalue weighted by atomic mass is 9.94. The molecular formula is C13H23NO. The Kier molecular flexibility index (Phi) is 4.89. The number of nitrogens with one attached hydrogen (secondary N) is 1. The first kappa shape index (κ1) is 12.3. The van der Waals surface area contributed by atoms with E-state index >= 15 is 0 Å². The van der Waals surface area contributed by atoms with Gasteiger partial charge in [-0.2, -0.15) is 0 Å². The lowest BCUT2D eigenvalue weighted by Gasteiger charge is -2.18. The molecule has 0 aromatic carbocycles. The third kappa shape index (κ3) is 3.71. The molecule has 2 atom stereocenters. The Morgan fingerprint density at radius 3 is 2.67 bits per heavy atom. The molecule has 0 aliphatic rings. The SMILES string of the molecule is CCCC(C)CC(NC)c1coc(C)c1. The summed E-state index contributed by atoms with van der Waals surface area (Å²) in [4.78, 5) is 0. The second-order valence-electron chi connectivity index (χ2n) is 4.46. The first-order valence-electron chi connectivity index (χ1n) is 5.89. The minimum atomic E-state index is 0.434. The van der Waals surface area contributed by atoms with E-state index in [1.165, 1.54) is 24.8 Å². The molecule has 2 nitrogen and oxygen atoms in total. The average Bonchev–Trinajstić information content (AvgIpc) is 2.61. The predicted octanol–water partition coefficient (Wildman–Crippen LogP) is 3.67. The maximum absolute atomic E-state index is 5.35. The minimum Gasteiger partial charge on any atom is -0.469 e. The van der Waals surface area contributed by atoms with E-state index in [1.54, 1.807) is 0 Å². The number of furan rings is 1. The van der Waals surface area contributed by atoms with Crippen LogP contribution in [0.5, 0.6) is 0 Å². The molecule has 0 spiro atoms. The number of aryl methyl sites for hydroxylation is 1. The van der Waals surface area contributed by atoms with Crippen molar-refractivity contribution in [2.24, 2.45) is 5.92 Å². The van der Waals surface area contributed by atoms with Crippen LogP contribution in [0.2, 0.25) is 0 Å². The Balaban J connectivity index is 2.56. The zero-order valence-electron chi connectivity index (χ0n) is 10.3. The van der Waals surface area contributed by atoms with Gasteiger partial charge < -0.3 is 9.73 Å². The highest BCUT2D eigenvalue weighted by molar-refractivity contribution is 5.16. The van der Waals surface area contributed by atoms with Crippen LogP contribution in [-0.2, 0) is 0 Å². The Morgan fingerprint density at radius 2 is 2.20 bits per heavy atom. The molecule has 1 aromatic rings. The zero-order chi connectivity index (χ0) is 11.3. The van der Waals surface area contributed by atoms with Crippen molar-refractivity contribution >= 4 is 0 Å². The molecule has 86 valence electrons. The summed E-state index contributed by atoms with van der Waals surface area (Å²) < 4.78 is 5.35. The first-order valence-corrected chi connectivity index (χ1v) is 5.89. The molecule has 1 heterocycles. The summed E-state index contributed by atoms with van der Waals surface area (Å²) in [6.45, 7) is 6.55. The topological polar surface area (TPSA) is 25.2 Å². The highest BCUT2D eigenvalue weighted by Crippen LogP contribution is 2.24. The summed E-state index contributed by atoms with van der Waals surface area (Å²) in [6.07, 6.45) is 5.62.